The van der Waals surface area contributed by atoms with Gasteiger partial charge >= 0.3 is 0 Å². The van der Waals surface area contributed by atoms with Gasteiger partial charge in [0.05, 0.1) is 0 Å². The van der Waals surface area contributed by atoms with Crippen LogP contribution in [0, 0.1) is 0 Å². The number of unbranched alkanes of at least 4 members (excludes halogenated alkanes) is 2. The van der Waals surface area contributed by atoms with E-state index in [0.29, 0.717) is 0 Å². The van der Waals surface area contributed by atoms with Gasteiger partial charge in [-0.25, -0.2) is 0 Å². The number of hydrogen-bond donors (Lipinski definition) is 0. The van der Waals surface area contributed by atoms with Crippen molar-refractivity contribution in [3.05, 3.63) is 52.8 Å². The quantitative estimate of drug-likeness (QED) is 0.605. The summed E-state index contributed by atoms with van der Waals surface area (Å²) in [5.74, 6) is 0. The maximum Gasteiger partial charge on any atom is 0.0456 e. The molecule has 0 N–H and O–H groups in total. The van der Waals surface area contributed by atoms with E-state index in [2.05, 4.69) is 42.7 Å². The van der Waals surface area contributed by atoms with Crippen LogP contribution in [0.4, 0.5) is 0 Å². The number of benzene rings is 1. The zero-order valence-electron chi connectivity index (χ0n) is 12.5. The van der Waals surface area contributed by atoms with Gasteiger partial charge < -0.3 is 4.57 Å². The van der Waals surface area contributed by atoms with E-state index in [4.69, 9.17) is 11.6 Å². The van der Waals surface area contributed by atoms with E-state index in [-0.39, 0.29) is 0 Å². The van der Waals surface area contributed by atoms with Gasteiger partial charge in [-0.1, -0.05) is 38.3 Å². The van der Waals surface area contributed by atoms with E-state index in [9.17, 15) is 0 Å². The number of aryl methyl sites for hydroxylation is 2. The lowest BCUT2D eigenvalue weighted by Gasteiger charge is -2.14. The molecule has 108 valence electrons. The highest BCUT2D eigenvalue weighted by atomic mass is 35.5. The molecule has 0 aliphatic heterocycles. The molecule has 0 radical (unpaired) electrons. The molecule has 2 heteroatoms. The number of halogens is 1. The van der Waals surface area contributed by atoms with Crippen LogP contribution in [0.15, 0.2) is 36.4 Å². The number of hydrogen-bond acceptors (Lipinski definition) is 0. The van der Waals surface area contributed by atoms with E-state index in [0.717, 1.165) is 17.9 Å². The first kappa shape index (κ1) is 15.2. The molecule has 1 aromatic carbocycles. The molecule has 0 aliphatic rings. The van der Waals surface area contributed by atoms with Gasteiger partial charge in [-0.2, -0.15) is 0 Å². The summed E-state index contributed by atoms with van der Waals surface area (Å²) in [7, 11) is 0. The number of aromatic nitrogens is 1. The van der Waals surface area contributed by atoms with Crippen LogP contribution in [0.3, 0.4) is 0 Å². The van der Waals surface area contributed by atoms with Gasteiger partial charge in [-0.05, 0) is 62.1 Å². The predicted molar refractivity (Wildman–Crippen MR) is 88.0 cm³/mol. The molecule has 0 bridgehead atoms. The molecule has 0 atom stereocenters. The Morgan fingerprint density at radius 1 is 0.800 bits per heavy atom. The number of nitrogens with zero attached hydrogens (tertiary/aromatic N) is 1. The average molecular weight is 290 g/mol. The smallest absolute Gasteiger partial charge is 0.0456 e. The van der Waals surface area contributed by atoms with Crippen molar-refractivity contribution in [1.82, 2.24) is 4.57 Å². The molecule has 1 heterocycles. The van der Waals surface area contributed by atoms with Gasteiger partial charge in [0.1, 0.15) is 0 Å². The van der Waals surface area contributed by atoms with E-state index in [1.165, 1.54) is 42.8 Å². The van der Waals surface area contributed by atoms with Crippen LogP contribution < -0.4 is 0 Å². The van der Waals surface area contributed by atoms with Gasteiger partial charge in [0.2, 0.25) is 0 Å². The van der Waals surface area contributed by atoms with Crippen molar-refractivity contribution in [1.29, 1.82) is 0 Å². The molecular weight excluding hydrogens is 266 g/mol. The summed E-state index contributed by atoms with van der Waals surface area (Å²) in [4.78, 5) is 0. The van der Waals surface area contributed by atoms with E-state index in [1.807, 2.05) is 12.1 Å². The van der Waals surface area contributed by atoms with Crippen molar-refractivity contribution >= 4 is 11.6 Å². The summed E-state index contributed by atoms with van der Waals surface area (Å²) in [6, 6.07) is 12.8. The Hall–Kier alpha value is -1.21. The molecule has 2 aromatic rings. The van der Waals surface area contributed by atoms with Gasteiger partial charge in [0, 0.05) is 22.1 Å². The van der Waals surface area contributed by atoms with E-state index < -0.39 is 0 Å². The van der Waals surface area contributed by atoms with Crippen LogP contribution in [0.5, 0.6) is 0 Å². The minimum absolute atomic E-state index is 0.797. The molecule has 0 spiro atoms. The highest BCUT2D eigenvalue weighted by molar-refractivity contribution is 6.30. The minimum atomic E-state index is 0.797. The summed E-state index contributed by atoms with van der Waals surface area (Å²) in [6.45, 7) is 4.49. The Balaban J connectivity index is 2.34. The Morgan fingerprint density at radius 3 is 1.75 bits per heavy atom. The number of rotatable bonds is 7. The maximum absolute atomic E-state index is 6.01. The lowest BCUT2D eigenvalue weighted by molar-refractivity contribution is 0.723. The summed E-state index contributed by atoms with van der Waals surface area (Å²) in [6.07, 6.45) is 7.23. The Morgan fingerprint density at radius 2 is 1.30 bits per heavy atom. The van der Waals surface area contributed by atoms with Crippen LogP contribution in [0.25, 0.3) is 5.69 Å². The molecule has 20 heavy (non-hydrogen) atoms. The standard InChI is InChI=1S/C18H24ClN/c1-3-5-7-16-13-14-17(8-6-4-2)20(16)18-11-9-15(19)10-12-18/h9-14H,3-8H2,1-2H3. The molecule has 0 fully saturated rings. The molecule has 0 aliphatic carbocycles. The lowest BCUT2D eigenvalue weighted by atomic mass is 10.2. The van der Waals surface area contributed by atoms with Crippen LogP contribution in [-0.2, 0) is 12.8 Å². The van der Waals surface area contributed by atoms with Crippen LogP contribution in [-0.4, -0.2) is 4.57 Å². The molecule has 0 saturated heterocycles. The topological polar surface area (TPSA) is 4.93 Å². The third-order valence-corrected chi connectivity index (χ3v) is 3.95. The Kier molecular flexibility index (Phi) is 5.72. The van der Waals surface area contributed by atoms with Crippen LogP contribution in [0.2, 0.25) is 5.02 Å². The monoisotopic (exact) mass is 289 g/mol. The van der Waals surface area contributed by atoms with Crippen molar-refractivity contribution in [2.45, 2.75) is 52.4 Å². The van der Waals surface area contributed by atoms with Crippen molar-refractivity contribution < 1.29 is 0 Å². The summed E-state index contributed by atoms with van der Waals surface area (Å²) in [5.41, 5.74) is 4.07. The Labute approximate surface area is 127 Å². The zero-order chi connectivity index (χ0) is 14.4. The fourth-order valence-corrected chi connectivity index (χ4v) is 2.68. The summed E-state index contributed by atoms with van der Waals surface area (Å²) < 4.78 is 2.42. The minimum Gasteiger partial charge on any atom is -0.318 e. The van der Waals surface area contributed by atoms with Crippen molar-refractivity contribution in [2.75, 3.05) is 0 Å². The molecule has 0 saturated carbocycles. The normalized spacial score (nSPS) is 10.9. The third kappa shape index (κ3) is 3.67. The lowest BCUT2D eigenvalue weighted by Crippen LogP contribution is -2.04. The van der Waals surface area contributed by atoms with Gasteiger partial charge in [-0.3, -0.25) is 0 Å². The molecule has 0 amide bonds. The molecule has 2 rings (SSSR count). The first-order chi connectivity index (χ1) is 9.76. The molecule has 0 unspecified atom stereocenters. The zero-order valence-corrected chi connectivity index (χ0v) is 13.3. The highest BCUT2D eigenvalue weighted by Gasteiger charge is 2.09. The fraction of sp³-hybridized carbons (Fsp3) is 0.444. The van der Waals surface area contributed by atoms with Crippen LogP contribution >= 0.6 is 11.6 Å². The van der Waals surface area contributed by atoms with E-state index >= 15 is 0 Å². The second-order valence-corrected chi connectivity index (χ2v) is 5.77. The van der Waals surface area contributed by atoms with Crippen molar-refractivity contribution in [2.24, 2.45) is 0 Å². The summed E-state index contributed by atoms with van der Waals surface area (Å²) >= 11 is 6.01. The van der Waals surface area contributed by atoms with Crippen molar-refractivity contribution in [3.8, 4) is 5.69 Å². The molecule has 1 nitrogen and oxygen atoms in total. The van der Waals surface area contributed by atoms with Crippen molar-refractivity contribution in [3.63, 3.8) is 0 Å². The van der Waals surface area contributed by atoms with Gasteiger partial charge in [-0.15, -0.1) is 0 Å². The first-order valence-corrected chi connectivity index (χ1v) is 8.09. The second-order valence-electron chi connectivity index (χ2n) is 5.33. The van der Waals surface area contributed by atoms with E-state index in [1.54, 1.807) is 0 Å². The second kappa shape index (κ2) is 7.54. The molecule has 1 aromatic heterocycles. The largest absolute Gasteiger partial charge is 0.318 e. The van der Waals surface area contributed by atoms with Gasteiger partial charge in [0.25, 0.3) is 0 Å². The average Bonchev–Trinajstić information content (AvgIpc) is 2.86. The maximum atomic E-state index is 6.01. The Bertz CT molecular complexity index is 499. The SMILES string of the molecule is CCCCc1ccc(CCCC)n1-c1ccc(Cl)cc1. The highest BCUT2D eigenvalue weighted by Crippen LogP contribution is 2.22. The summed E-state index contributed by atoms with van der Waals surface area (Å²) in [5, 5.41) is 0.797. The van der Waals surface area contributed by atoms with Gasteiger partial charge in [0.15, 0.2) is 0 Å². The predicted octanol–water partition coefficient (Wildman–Crippen LogP) is 5.82. The third-order valence-electron chi connectivity index (χ3n) is 3.70. The fourth-order valence-electron chi connectivity index (χ4n) is 2.55. The van der Waals surface area contributed by atoms with Crippen LogP contribution in [0.1, 0.15) is 50.9 Å². The first-order valence-electron chi connectivity index (χ1n) is 7.71. The molecular formula is C18H24ClN.